The Kier molecular flexibility index (Phi) is 4.89. The van der Waals surface area contributed by atoms with Gasteiger partial charge in [-0.25, -0.2) is 4.39 Å². The highest BCUT2D eigenvalue weighted by Crippen LogP contribution is 2.17. The molecular formula is C13H18FN3O3. The Morgan fingerprint density at radius 1 is 1.60 bits per heavy atom. The largest absolute Gasteiger partial charge is 0.399 e. The average molecular weight is 283 g/mol. The lowest BCUT2D eigenvalue weighted by molar-refractivity contribution is -0.120. The molecular weight excluding hydrogens is 265 g/mol. The summed E-state index contributed by atoms with van der Waals surface area (Å²) in [7, 11) is 0. The summed E-state index contributed by atoms with van der Waals surface area (Å²) >= 11 is 0. The van der Waals surface area contributed by atoms with E-state index in [9.17, 15) is 14.3 Å². The molecule has 1 fully saturated rings. The van der Waals surface area contributed by atoms with Crippen molar-refractivity contribution in [3.63, 3.8) is 0 Å². The molecule has 20 heavy (non-hydrogen) atoms. The summed E-state index contributed by atoms with van der Waals surface area (Å²) in [6.45, 7) is 1.44. The molecule has 1 amide bonds. The van der Waals surface area contributed by atoms with Crippen LogP contribution in [0.4, 0.5) is 15.8 Å². The second-order valence-electron chi connectivity index (χ2n) is 4.67. The van der Waals surface area contributed by atoms with Gasteiger partial charge in [-0.15, -0.1) is 0 Å². The molecule has 4 N–H and O–H groups in total. The van der Waals surface area contributed by atoms with E-state index in [1.54, 1.807) is 0 Å². The summed E-state index contributed by atoms with van der Waals surface area (Å²) in [5, 5.41) is 11.7. The van der Waals surface area contributed by atoms with Crippen LogP contribution in [0.5, 0.6) is 0 Å². The van der Waals surface area contributed by atoms with Crippen LogP contribution in [0, 0.1) is 5.82 Å². The van der Waals surface area contributed by atoms with Crippen LogP contribution in [0.1, 0.15) is 0 Å². The predicted octanol–water partition coefficient (Wildman–Crippen LogP) is 0.0395. The van der Waals surface area contributed by atoms with E-state index in [2.05, 4.69) is 5.32 Å². The number of hydrogen-bond acceptors (Lipinski definition) is 5. The number of morpholine rings is 1. The number of nitrogens with two attached hydrogens (primary N) is 1. The number of rotatable bonds is 4. The maximum Gasteiger partial charge on any atom is 0.238 e. The summed E-state index contributed by atoms with van der Waals surface area (Å²) < 4.78 is 18.7. The first-order valence-electron chi connectivity index (χ1n) is 6.37. The molecule has 1 aliphatic rings. The maximum atomic E-state index is 13.5. The molecule has 1 aromatic carbocycles. The van der Waals surface area contributed by atoms with Crippen LogP contribution in [-0.2, 0) is 9.53 Å². The van der Waals surface area contributed by atoms with Crippen molar-refractivity contribution in [3.8, 4) is 0 Å². The highest BCUT2D eigenvalue weighted by Gasteiger charge is 2.24. The standard InChI is InChI=1S/C13H18FN3O3/c14-11-2-1-9(15)5-12(11)16-13(19)6-17-3-4-20-8-10(17)7-18/h1-2,5,10,18H,3-4,6-8,15H2,(H,16,19). The molecule has 1 unspecified atom stereocenters. The van der Waals surface area contributed by atoms with Gasteiger partial charge < -0.3 is 20.9 Å². The summed E-state index contributed by atoms with van der Waals surface area (Å²) in [4.78, 5) is 13.7. The van der Waals surface area contributed by atoms with E-state index in [-0.39, 0.29) is 30.8 Å². The van der Waals surface area contributed by atoms with Crippen LogP contribution in [0.15, 0.2) is 18.2 Å². The van der Waals surface area contributed by atoms with Gasteiger partial charge in [-0.2, -0.15) is 0 Å². The zero-order valence-electron chi connectivity index (χ0n) is 11.0. The number of hydrogen-bond donors (Lipinski definition) is 3. The van der Waals surface area contributed by atoms with Crippen LogP contribution in [-0.4, -0.2) is 54.9 Å². The minimum absolute atomic E-state index is 0.0591. The number of amides is 1. The lowest BCUT2D eigenvalue weighted by Gasteiger charge is -2.33. The fourth-order valence-corrected chi connectivity index (χ4v) is 2.08. The molecule has 2 rings (SSSR count). The number of carbonyl (C=O) groups is 1. The summed E-state index contributed by atoms with van der Waals surface area (Å²) in [6.07, 6.45) is 0. The molecule has 0 radical (unpaired) electrons. The predicted molar refractivity (Wildman–Crippen MR) is 72.7 cm³/mol. The Morgan fingerprint density at radius 2 is 2.40 bits per heavy atom. The van der Waals surface area contributed by atoms with Crippen molar-refractivity contribution in [3.05, 3.63) is 24.0 Å². The van der Waals surface area contributed by atoms with E-state index >= 15 is 0 Å². The number of aliphatic hydroxyl groups excluding tert-OH is 1. The third kappa shape index (κ3) is 3.66. The highest BCUT2D eigenvalue weighted by atomic mass is 19.1. The second kappa shape index (κ2) is 6.65. The molecule has 7 heteroatoms. The van der Waals surface area contributed by atoms with E-state index < -0.39 is 5.82 Å². The van der Waals surface area contributed by atoms with Gasteiger partial charge in [-0.3, -0.25) is 9.69 Å². The molecule has 1 saturated heterocycles. The van der Waals surface area contributed by atoms with Gasteiger partial charge in [0.05, 0.1) is 38.1 Å². The molecule has 1 atom stereocenters. The minimum atomic E-state index is -0.534. The molecule has 6 nitrogen and oxygen atoms in total. The number of ether oxygens (including phenoxy) is 1. The minimum Gasteiger partial charge on any atom is -0.399 e. The van der Waals surface area contributed by atoms with Crippen molar-refractivity contribution in [2.75, 3.05) is 44.0 Å². The maximum absolute atomic E-state index is 13.5. The SMILES string of the molecule is Nc1ccc(F)c(NC(=O)CN2CCOCC2CO)c1. The molecule has 1 aliphatic heterocycles. The molecule has 0 aromatic heterocycles. The molecule has 0 spiro atoms. The first kappa shape index (κ1) is 14.7. The van der Waals surface area contributed by atoms with Gasteiger partial charge in [0.15, 0.2) is 0 Å². The van der Waals surface area contributed by atoms with E-state index in [1.807, 2.05) is 4.90 Å². The van der Waals surface area contributed by atoms with E-state index in [0.717, 1.165) is 0 Å². The molecule has 0 bridgehead atoms. The number of carbonyl (C=O) groups excluding carboxylic acids is 1. The number of halogens is 1. The number of nitrogens with one attached hydrogen (secondary N) is 1. The van der Waals surface area contributed by atoms with E-state index in [0.29, 0.717) is 25.4 Å². The normalized spacial score (nSPS) is 19.8. The number of nitrogens with zero attached hydrogens (tertiary/aromatic N) is 1. The van der Waals surface area contributed by atoms with Crippen molar-refractivity contribution >= 4 is 17.3 Å². The lowest BCUT2D eigenvalue weighted by atomic mass is 10.2. The highest BCUT2D eigenvalue weighted by molar-refractivity contribution is 5.92. The van der Waals surface area contributed by atoms with Gasteiger partial charge in [0, 0.05) is 12.2 Å². The van der Waals surface area contributed by atoms with Crippen LogP contribution in [0.2, 0.25) is 0 Å². The van der Waals surface area contributed by atoms with Gasteiger partial charge in [-0.05, 0) is 18.2 Å². The first-order valence-corrected chi connectivity index (χ1v) is 6.37. The van der Waals surface area contributed by atoms with Gasteiger partial charge in [0.1, 0.15) is 5.82 Å². The lowest BCUT2D eigenvalue weighted by Crippen LogP contribution is -2.50. The molecule has 110 valence electrons. The number of nitrogen functional groups attached to an aromatic ring is 1. The zero-order valence-corrected chi connectivity index (χ0v) is 11.0. The van der Waals surface area contributed by atoms with Crippen molar-refractivity contribution in [1.29, 1.82) is 0 Å². The quantitative estimate of drug-likeness (QED) is 0.679. The third-order valence-corrected chi connectivity index (χ3v) is 3.17. The number of aliphatic hydroxyl groups is 1. The molecule has 0 saturated carbocycles. The number of anilines is 2. The van der Waals surface area contributed by atoms with Gasteiger partial charge in [0.2, 0.25) is 5.91 Å². The smallest absolute Gasteiger partial charge is 0.238 e. The van der Waals surface area contributed by atoms with Crippen LogP contribution in [0.25, 0.3) is 0 Å². The average Bonchev–Trinajstić information content (AvgIpc) is 2.43. The number of benzene rings is 1. The first-order chi connectivity index (χ1) is 9.60. The summed E-state index contributed by atoms with van der Waals surface area (Å²) in [5.41, 5.74) is 5.99. The Hall–Kier alpha value is -1.70. The van der Waals surface area contributed by atoms with E-state index in [1.165, 1.54) is 18.2 Å². The van der Waals surface area contributed by atoms with E-state index in [4.69, 9.17) is 10.5 Å². The Morgan fingerprint density at radius 3 is 3.15 bits per heavy atom. The van der Waals surface area contributed by atoms with Crippen molar-refractivity contribution in [2.45, 2.75) is 6.04 Å². The Labute approximate surface area is 116 Å². The molecule has 1 heterocycles. The van der Waals surface area contributed by atoms with Crippen molar-refractivity contribution in [2.24, 2.45) is 0 Å². The van der Waals surface area contributed by atoms with Crippen molar-refractivity contribution < 1.29 is 19.0 Å². The second-order valence-corrected chi connectivity index (χ2v) is 4.67. The monoisotopic (exact) mass is 283 g/mol. The topological polar surface area (TPSA) is 87.8 Å². The molecule has 1 aromatic rings. The van der Waals surface area contributed by atoms with Crippen molar-refractivity contribution in [1.82, 2.24) is 4.90 Å². The van der Waals surface area contributed by atoms with Crippen LogP contribution >= 0.6 is 0 Å². The Balaban J connectivity index is 1.96. The fraction of sp³-hybridized carbons (Fsp3) is 0.462. The van der Waals surface area contributed by atoms with Crippen LogP contribution in [0.3, 0.4) is 0 Å². The van der Waals surface area contributed by atoms with Crippen LogP contribution < -0.4 is 11.1 Å². The summed E-state index contributed by atoms with van der Waals surface area (Å²) in [5.74, 6) is -0.886. The zero-order chi connectivity index (χ0) is 14.5. The Bertz CT molecular complexity index is 484. The summed E-state index contributed by atoms with van der Waals surface area (Å²) in [6, 6.07) is 3.79. The van der Waals surface area contributed by atoms with Gasteiger partial charge >= 0.3 is 0 Å². The fourth-order valence-electron chi connectivity index (χ4n) is 2.08. The van der Waals surface area contributed by atoms with Gasteiger partial charge in [0.25, 0.3) is 0 Å². The molecule has 0 aliphatic carbocycles. The van der Waals surface area contributed by atoms with Gasteiger partial charge in [-0.1, -0.05) is 0 Å². The third-order valence-electron chi connectivity index (χ3n) is 3.17.